The van der Waals surface area contributed by atoms with Gasteiger partial charge in [-0.1, -0.05) is 6.92 Å². The van der Waals surface area contributed by atoms with Crippen LogP contribution in [-0.4, -0.2) is 37.2 Å². The molecule has 2 aliphatic heterocycles. The highest BCUT2D eigenvalue weighted by Gasteiger charge is 2.39. The molecule has 1 N–H and O–H groups in total. The van der Waals surface area contributed by atoms with Crippen molar-refractivity contribution < 1.29 is 9.63 Å². The van der Waals surface area contributed by atoms with Crippen LogP contribution in [0, 0.1) is 5.41 Å². The molecule has 0 aromatic heterocycles. The molecule has 0 bridgehead atoms. The Labute approximate surface area is 84.6 Å². The fourth-order valence-corrected chi connectivity index (χ4v) is 2.10. The van der Waals surface area contributed by atoms with Crippen LogP contribution in [0.2, 0.25) is 0 Å². The predicted octanol–water partition coefficient (Wildman–Crippen LogP) is 0.540. The van der Waals surface area contributed by atoms with Crippen LogP contribution in [0.1, 0.15) is 26.2 Å². The summed E-state index contributed by atoms with van der Waals surface area (Å²) in [5.74, 6) is 0.177. The Morgan fingerprint density at radius 1 is 1.43 bits per heavy atom. The van der Waals surface area contributed by atoms with E-state index in [1.54, 1.807) is 5.06 Å². The second-order valence-corrected chi connectivity index (χ2v) is 4.40. The summed E-state index contributed by atoms with van der Waals surface area (Å²) in [6.07, 6.45) is 2.82. The number of hydrogen-bond acceptors (Lipinski definition) is 3. The molecule has 0 unspecified atom stereocenters. The monoisotopic (exact) mass is 198 g/mol. The number of amides is 1. The summed E-state index contributed by atoms with van der Waals surface area (Å²) in [5.41, 5.74) is -0.199. The Morgan fingerprint density at radius 3 is 2.71 bits per heavy atom. The standard InChI is InChI=1S/C10H18N2O2/c1-10(3-5-11-6-4-10)9(13)12-7-2-8-14-12/h11H,2-8H2,1H3. The van der Waals surface area contributed by atoms with Crippen LogP contribution in [0.5, 0.6) is 0 Å². The molecule has 80 valence electrons. The third kappa shape index (κ3) is 1.77. The number of piperidine rings is 1. The minimum absolute atomic E-state index is 0.177. The van der Waals surface area contributed by atoms with Crippen LogP contribution in [-0.2, 0) is 9.63 Å². The smallest absolute Gasteiger partial charge is 0.252 e. The molecule has 0 aliphatic carbocycles. The van der Waals surface area contributed by atoms with Gasteiger partial charge in [0.05, 0.1) is 18.6 Å². The molecule has 0 aromatic rings. The van der Waals surface area contributed by atoms with Gasteiger partial charge in [0.25, 0.3) is 5.91 Å². The number of rotatable bonds is 1. The van der Waals surface area contributed by atoms with E-state index < -0.39 is 0 Å². The number of carbonyl (C=O) groups is 1. The average Bonchev–Trinajstić information content (AvgIpc) is 2.70. The zero-order chi connectivity index (χ0) is 10.0. The van der Waals surface area contributed by atoms with E-state index in [9.17, 15) is 4.79 Å². The van der Waals surface area contributed by atoms with Gasteiger partial charge in [0.15, 0.2) is 0 Å². The zero-order valence-corrected chi connectivity index (χ0v) is 8.71. The highest BCUT2D eigenvalue weighted by molar-refractivity contribution is 5.81. The van der Waals surface area contributed by atoms with Crippen LogP contribution >= 0.6 is 0 Å². The molecule has 2 saturated heterocycles. The SMILES string of the molecule is CC1(C(=O)N2CCCO2)CCNCC1. The molecule has 0 aromatic carbocycles. The average molecular weight is 198 g/mol. The molecule has 4 heteroatoms. The van der Waals surface area contributed by atoms with Crippen LogP contribution in [0.4, 0.5) is 0 Å². The van der Waals surface area contributed by atoms with Crippen molar-refractivity contribution in [2.75, 3.05) is 26.2 Å². The number of carbonyl (C=O) groups excluding carboxylic acids is 1. The molecule has 2 heterocycles. The second-order valence-electron chi connectivity index (χ2n) is 4.40. The maximum Gasteiger partial charge on any atom is 0.252 e. The van der Waals surface area contributed by atoms with Crippen LogP contribution < -0.4 is 5.32 Å². The summed E-state index contributed by atoms with van der Waals surface area (Å²) < 4.78 is 0. The fourth-order valence-electron chi connectivity index (χ4n) is 2.10. The molecule has 14 heavy (non-hydrogen) atoms. The normalized spacial score (nSPS) is 26.5. The van der Waals surface area contributed by atoms with Crippen molar-refractivity contribution in [1.29, 1.82) is 0 Å². The molecule has 1 amide bonds. The van der Waals surface area contributed by atoms with Crippen molar-refractivity contribution in [3.05, 3.63) is 0 Å². The maximum atomic E-state index is 12.1. The van der Waals surface area contributed by atoms with Crippen molar-refractivity contribution in [3.63, 3.8) is 0 Å². The van der Waals surface area contributed by atoms with Gasteiger partial charge >= 0.3 is 0 Å². The molecule has 0 radical (unpaired) electrons. The van der Waals surface area contributed by atoms with E-state index in [4.69, 9.17) is 4.84 Å². The Kier molecular flexibility index (Phi) is 2.74. The Balaban J connectivity index is 2.00. The number of nitrogens with one attached hydrogen (secondary N) is 1. The van der Waals surface area contributed by atoms with Gasteiger partial charge in [-0.3, -0.25) is 9.63 Å². The van der Waals surface area contributed by atoms with Gasteiger partial charge in [0.1, 0.15) is 0 Å². The first-order chi connectivity index (χ1) is 6.72. The Hall–Kier alpha value is -0.610. The molecule has 2 aliphatic rings. The molecular weight excluding hydrogens is 180 g/mol. The third-order valence-electron chi connectivity index (χ3n) is 3.20. The maximum absolute atomic E-state index is 12.1. The minimum atomic E-state index is -0.199. The molecule has 2 fully saturated rings. The molecule has 0 saturated carbocycles. The summed E-state index contributed by atoms with van der Waals surface area (Å²) in [5, 5.41) is 4.83. The van der Waals surface area contributed by atoms with Crippen molar-refractivity contribution >= 4 is 5.91 Å². The van der Waals surface area contributed by atoms with Gasteiger partial charge < -0.3 is 5.32 Å². The van der Waals surface area contributed by atoms with E-state index in [0.29, 0.717) is 6.61 Å². The fraction of sp³-hybridized carbons (Fsp3) is 0.900. The first kappa shape index (κ1) is 9.93. The summed E-state index contributed by atoms with van der Waals surface area (Å²) >= 11 is 0. The Bertz CT molecular complexity index is 218. The summed E-state index contributed by atoms with van der Waals surface area (Å²) in [6, 6.07) is 0. The van der Waals surface area contributed by atoms with Gasteiger partial charge in [-0.15, -0.1) is 0 Å². The zero-order valence-electron chi connectivity index (χ0n) is 8.71. The summed E-state index contributed by atoms with van der Waals surface area (Å²) in [7, 11) is 0. The molecular formula is C10H18N2O2. The summed E-state index contributed by atoms with van der Waals surface area (Å²) in [6.45, 7) is 5.39. The first-order valence-corrected chi connectivity index (χ1v) is 5.38. The van der Waals surface area contributed by atoms with Crippen molar-refractivity contribution in [2.45, 2.75) is 26.2 Å². The quantitative estimate of drug-likeness (QED) is 0.668. The summed E-state index contributed by atoms with van der Waals surface area (Å²) in [4.78, 5) is 17.4. The molecule has 2 rings (SSSR count). The lowest BCUT2D eigenvalue weighted by Gasteiger charge is -2.34. The van der Waals surface area contributed by atoms with Crippen molar-refractivity contribution in [1.82, 2.24) is 10.4 Å². The number of hydrogen-bond donors (Lipinski definition) is 1. The first-order valence-electron chi connectivity index (χ1n) is 5.38. The lowest BCUT2D eigenvalue weighted by Crippen LogP contribution is -2.46. The minimum Gasteiger partial charge on any atom is -0.317 e. The van der Waals surface area contributed by atoms with Crippen LogP contribution in [0.3, 0.4) is 0 Å². The lowest BCUT2D eigenvalue weighted by atomic mass is 9.80. The van der Waals surface area contributed by atoms with E-state index in [2.05, 4.69) is 12.2 Å². The third-order valence-corrected chi connectivity index (χ3v) is 3.20. The van der Waals surface area contributed by atoms with E-state index in [1.807, 2.05) is 0 Å². The van der Waals surface area contributed by atoms with Gasteiger partial charge in [0.2, 0.25) is 0 Å². The van der Waals surface area contributed by atoms with Crippen molar-refractivity contribution in [3.8, 4) is 0 Å². The van der Waals surface area contributed by atoms with Crippen LogP contribution in [0.15, 0.2) is 0 Å². The molecule has 0 atom stereocenters. The van der Waals surface area contributed by atoms with Crippen LogP contribution in [0.25, 0.3) is 0 Å². The van der Waals surface area contributed by atoms with E-state index in [-0.39, 0.29) is 11.3 Å². The molecule has 4 nitrogen and oxygen atoms in total. The Morgan fingerprint density at radius 2 is 2.14 bits per heavy atom. The predicted molar refractivity (Wildman–Crippen MR) is 52.5 cm³/mol. The van der Waals surface area contributed by atoms with Gasteiger partial charge in [-0.05, 0) is 32.4 Å². The second kappa shape index (κ2) is 3.87. The van der Waals surface area contributed by atoms with Gasteiger partial charge in [-0.25, -0.2) is 5.06 Å². The van der Waals surface area contributed by atoms with E-state index >= 15 is 0 Å². The number of hydroxylamine groups is 2. The van der Waals surface area contributed by atoms with Crippen molar-refractivity contribution in [2.24, 2.45) is 5.41 Å². The largest absolute Gasteiger partial charge is 0.317 e. The topological polar surface area (TPSA) is 41.6 Å². The van der Waals surface area contributed by atoms with Gasteiger partial charge in [-0.2, -0.15) is 0 Å². The molecule has 0 spiro atoms. The van der Waals surface area contributed by atoms with E-state index in [1.165, 1.54) is 0 Å². The highest BCUT2D eigenvalue weighted by Crippen LogP contribution is 2.31. The number of nitrogens with zero attached hydrogens (tertiary/aromatic N) is 1. The lowest BCUT2D eigenvalue weighted by molar-refractivity contribution is -0.181. The van der Waals surface area contributed by atoms with Gasteiger partial charge in [0, 0.05) is 0 Å². The highest BCUT2D eigenvalue weighted by atomic mass is 16.7. The van der Waals surface area contributed by atoms with E-state index in [0.717, 1.165) is 38.9 Å².